The van der Waals surface area contributed by atoms with Crippen molar-refractivity contribution >= 4 is 28.4 Å². The molecule has 2 aromatic carbocycles. The highest BCUT2D eigenvalue weighted by Gasteiger charge is 2.47. The molecule has 2 heterocycles. The van der Waals surface area contributed by atoms with Gasteiger partial charge in [0.05, 0.1) is 25.8 Å². The van der Waals surface area contributed by atoms with Gasteiger partial charge in [0.1, 0.15) is 22.8 Å². The van der Waals surface area contributed by atoms with Gasteiger partial charge in [-0.05, 0) is 24.6 Å². The second-order valence-corrected chi connectivity index (χ2v) is 7.67. The van der Waals surface area contributed by atoms with Crippen LogP contribution in [0.5, 0.6) is 11.5 Å². The molecule has 1 aliphatic rings. The number of hydrogen-bond acceptors (Lipinski definition) is 6. The van der Waals surface area contributed by atoms with Gasteiger partial charge in [0.2, 0.25) is 0 Å². The number of methoxy groups -OCH3 is 3. The zero-order valence-corrected chi connectivity index (χ0v) is 18.8. The third kappa shape index (κ3) is 3.82. The van der Waals surface area contributed by atoms with E-state index in [9.17, 15) is 14.7 Å². The number of aliphatic hydroxyl groups excluding tert-OH is 1. The smallest absolute Gasteiger partial charge is 0.295 e. The van der Waals surface area contributed by atoms with E-state index in [2.05, 4.69) is 4.98 Å². The fraction of sp³-hybridized carbons (Fsp3) is 0.280. The number of likely N-dealkylation sites (tertiary alicyclic amines) is 1. The average molecular weight is 450 g/mol. The molecule has 1 unspecified atom stereocenters. The molecular weight excluding hydrogens is 424 g/mol. The lowest BCUT2D eigenvalue weighted by molar-refractivity contribution is -0.140. The van der Waals surface area contributed by atoms with E-state index in [4.69, 9.17) is 14.2 Å². The number of aromatic amines is 1. The van der Waals surface area contributed by atoms with Gasteiger partial charge in [0.15, 0.2) is 0 Å². The highest BCUT2D eigenvalue weighted by atomic mass is 16.5. The van der Waals surface area contributed by atoms with E-state index in [0.717, 1.165) is 16.5 Å². The molecule has 4 rings (SSSR count). The molecule has 172 valence electrons. The van der Waals surface area contributed by atoms with E-state index in [0.29, 0.717) is 31.1 Å². The molecular formula is C25H26N2O6. The maximum Gasteiger partial charge on any atom is 0.295 e. The van der Waals surface area contributed by atoms with Gasteiger partial charge in [0, 0.05) is 42.9 Å². The van der Waals surface area contributed by atoms with Gasteiger partial charge in [-0.3, -0.25) is 9.59 Å². The third-order valence-electron chi connectivity index (χ3n) is 5.87. The Labute approximate surface area is 191 Å². The number of aliphatic hydroxyl groups is 1. The molecule has 1 aliphatic heterocycles. The van der Waals surface area contributed by atoms with E-state index in [-0.39, 0.29) is 16.9 Å². The summed E-state index contributed by atoms with van der Waals surface area (Å²) in [6.07, 6.45) is 2.32. The molecule has 8 heteroatoms. The van der Waals surface area contributed by atoms with Crippen LogP contribution < -0.4 is 9.47 Å². The Hall–Kier alpha value is -3.78. The van der Waals surface area contributed by atoms with Crippen LogP contribution >= 0.6 is 0 Å². The van der Waals surface area contributed by atoms with Crippen molar-refractivity contribution in [1.29, 1.82) is 0 Å². The molecule has 1 amide bonds. The number of para-hydroxylation sites is 1. The molecule has 0 bridgehead atoms. The number of nitrogens with one attached hydrogen (secondary N) is 1. The van der Waals surface area contributed by atoms with Gasteiger partial charge in [-0.1, -0.05) is 24.3 Å². The summed E-state index contributed by atoms with van der Waals surface area (Å²) in [5, 5.41) is 12.3. The molecule has 1 aromatic heterocycles. The van der Waals surface area contributed by atoms with Gasteiger partial charge in [-0.15, -0.1) is 0 Å². The first-order valence-electron chi connectivity index (χ1n) is 10.6. The maximum atomic E-state index is 13.3. The van der Waals surface area contributed by atoms with Crippen LogP contribution in [0.2, 0.25) is 0 Å². The largest absolute Gasteiger partial charge is 0.506 e. The van der Waals surface area contributed by atoms with E-state index in [1.54, 1.807) is 31.5 Å². The Morgan fingerprint density at radius 1 is 1.03 bits per heavy atom. The van der Waals surface area contributed by atoms with Crippen LogP contribution in [0.15, 0.2) is 54.2 Å². The van der Waals surface area contributed by atoms with Gasteiger partial charge in [-0.25, -0.2) is 0 Å². The quantitative estimate of drug-likeness (QED) is 0.235. The van der Waals surface area contributed by atoms with Crippen molar-refractivity contribution < 1.29 is 28.9 Å². The molecule has 2 N–H and O–H groups in total. The first-order valence-corrected chi connectivity index (χ1v) is 10.6. The monoisotopic (exact) mass is 450 g/mol. The van der Waals surface area contributed by atoms with Crippen LogP contribution in [0.1, 0.15) is 23.6 Å². The van der Waals surface area contributed by atoms with Crippen molar-refractivity contribution in [3.05, 3.63) is 65.4 Å². The second-order valence-electron chi connectivity index (χ2n) is 7.67. The standard InChI is InChI=1S/C25H26N2O6/c1-31-13-7-12-27-22(16-14-26-17-9-5-4-8-15(16)17)21(24(29)25(27)30)23(28)20-18(32-2)10-6-11-19(20)33-3/h4-6,8-11,14,22,26,28H,7,12-13H2,1-3H3/b23-21+. The fourth-order valence-electron chi connectivity index (χ4n) is 4.35. The lowest BCUT2D eigenvalue weighted by Crippen LogP contribution is -2.31. The van der Waals surface area contributed by atoms with E-state index in [1.165, 1.54) is 19.1 Å². The SMILES string of the molecule is COCCCN1C(=O)C(=O)/C(=C(/O)c2c(OC)cccc2OC)C1c1c[nH]c2ccccc12. The zero-order chi connectivity index (χ0) is 23.5. The lowest BCUT2D eigenvalue weighted by atomic mass is 9.94. The van der Waals surface area contributed by atoms with Crippen LogP contribution in [-0.2, 0) is 14.3 Å². The van der Waals surface area contributed by atoms with Crippen LogP contribution in [0, 0.1) is 0 Å². The Balaban J connectivity index is 1.96. The Morgan fingerprint density at radius 3 is 2.39 bits per heavy atom. The number of aromatic nitrogens is 1. The summed E-state index contributed by atoms with van der Waals surface area (Å²) in [7, 11) is 4.51. The molecule has 0 spiro atoms. The number of Topliss-reactive ketones (excluding diaryl/α,β-unsaturated/α-hetero) is 1. The molecule has 0 saturated carbocycles. The number of H-pyrrole nitrogens is 1. The van der Waals surface area contributed by atoms with Gasteiger partial charge >= 0.3 is 0 Å². The molecule has 1 saturated heterocycles. The van der Waals surface area contributed by atoms with Crippen molar-refractivity contribution in [2.24, 2.45) is 0 Å². The number of benzene rings is 2. The summed E-state index contributed by atoms with van der Waals surface area (Å²) in [4.78, 5) is 31.1. The minimum atomic E-state index is -0.785. The normalized spacial score (nSPS) is 17.7. The van der Waals surface area contributed by atoms with E-state index >= 15 is 0 Å². The Morgan fingerprint density at radius 2 is 1.73 bits per heavy atom. The Kier molecular flexibility index (Phi) is 6.37. The molecule has 0 radical (unpaired) electrons. The topological polar surface area (TPSA) is 101 Å². The summed E-state index contributed by atoms with van der Waals surface area (Å²) in [6, 6.07) is 11.9. The number of ketones is 1. The number of ether oxygens (including phenoxy) is 3. The summed E-state index contributed by atoms with van der Waals surface area (Å²) in [6.45, 7) is 0.729. The highest BCUT2D eigenvalue weighted by molar-refractivity contribution is 6.46. The average Bonchev–Trinajstić information content (AvgIpc) is 3.37. The third-order valence-corrected chi connectivity index (χ3v) is 5.87. The van der Waals surface area contributed by atoms with Gasteiger partial charge in [-0.2, -0.15) is 0 Å². The molecule has 1 atom stereocenters. The maximum absolute atomic E-state index is 13.3. The number of hydrogen-bond donors (Lipinski definition) is 2. The van der Waals surface area contributed by atoms with Crippen LogP contribution in [-0.4, -0.2) is 61.2 Å². The zero-order valence-electron chi connectivity index (χ0n) is 18.8. The molecule has 0 aliphatic carbocycles. The first-order chi connectivity index (χ1) is 16.0. The second kappa shape index (κ2) is 9.38. The molecule has 33 heavy (non-hydrogen) atoms. The van der Waals surface area contributed by atoms with Crippen molar-refractivity contribution in [1.82, 2.24) is 9.88 Å². The highest BCUT2D eigenvalue weighted by Crippen LogP contribution is 2.44. The predicted molar refractivity (Wildman–Crippen MR) is 123 cm³/mol. The van der Waals surface area contributed by atoms with Gasteiger partial charge in [0.25, 0.3) is 11.7 Å². The minimum absolute atomic E-state index is 0.00929. The van der Waals surface area contributed by atoms with Crippen molar-refractivity contribution in [3.63, 3.8) is 0 Å². The summed E-state index contributed by atoms with van der Waals surface area (Å²) in [5.41, 5.74) is 1.80. The minimum Gasteiger partial charge on any atom is -0.506 e. The van der Waals surface area contributed by atoms with Crippen LogP contribution in [0.3, 0.4) is 0 Å². The van der Waals surface area contributed by atoms with Crippen molar-refractivity contribution in [2.45, 2.75) is 12.5 Å². The number of nitrogens with zero attached hydrogens (tertiary/aromatic N) is 1. The summed E-state index contributed by atoms with van der Waals surface area (Å²) in [5.74, 6) is -1.11. The van der Waals surface area contributed by atoms with Crippen LogP contribution in [0.25, 0.3) is 16.7 Å². The predicted octanol–water partition coefficient (Wildman–Crippen LogP) is 3.64. The summed E-state index contributed by atoms with van der Waals surface area (Å²) < 4.78 is 16.0. The first kappa shape index (κ1) is 22.4. The summed E-state index contributed by atoms with van der Waals surface area (Å²) >= 11 is 0. The molecule has 8 nitrogen and oxygen atoms in total. The van der Waals surface area contributed by atoms with Crippen molar-refractivity contribution in [2.75, 3.05) is 34.5 Å². The number of fused-ring (bicyclic) bond motifs is 1. The molecule has 3 aromatic rings. The van der Waals surface area contributed by atoms with Gasteiger partial charge < -0.3 is 29.2 Å². The number of amides is 1. The Bertz CT molecular complexity index is 1210. The van der Waals surface area contributed by atoms with E-state index in [1.807, 2.05) is 24.3 Å². The number of rotatable bonds is 8. The lowest BCUT2D eigenvalue weighted by Gasteiger charge is -2.25. The van der Waals surface area contributed by atoms with E-state index < -0.39 is 17.7 Å². The van der Waals surface area contributed by atoms with Crippen molar-refractivity contribution in [3.8, 4) is 11.5 Å². The number of carbonyl (C=O) groups is 2. The number of carbonyl (C=O) groups excluding carboxylic acids is 2. The fourth-order valence-corrected chi connectivity index (χ4v) is 4.35. The molecule has 1 fully saturated rings. The van der Waals surface area contributed by atoms with Crippen LogP contribution in [0.4, 0.5) is 0 Å².